The van der Waals surface area contributed by atoms with E-state index in [0.717, 1.165) is 63.3 Å². The number of hydrogen-bond acceptors (Lipinski definition) is 4. The minimum Gasteiger partial charge on any atom is -0.378 e. The smallest absolute Gasteiger partial charge is 0.139 e. The number of likely N-dealkylation sites (tertiary alicyclic amines) is 1. The van der Waals surface area contributed by atoms with Crippen LogP contribution in [0.4, 0.5) is 5.69 Å². The molecule has 0 unspecified atom stereocenters. The van der Waals surface area contributed by atoms with Crippen LogP contribution in [0, 0.1) is 0 Å². The maximum atomic E-state index is 6.03. The predicted octanol–water partition coefficient (Wildman–Crippen LogP) is 5.30. The summed E-state index contributed by atoms with van der Waals surface area (Å²) in [6, 6.07) is 17.8. The van der Waals surface area contributed by atoms with Crippen LogP contribution in [-0.2, 0) is 4.74 Å². The Morgan fingerprint density at radius 2 is 1.81 bits per heavy atom. The fraction of sp³-hybridized carbons (Fsp3) is 0.444. The first-order chi connectivity index (χ1) is 15.7. The molecule has 5 rings (SSSR count). The van der Waals surface area contributed by atoms with E-state index in [-0.39, 0.29) is 6.10 Å². The van der Waals surface area contributed by atoms with E-state index in [9.17, 15) is 0 Å². The molecule has 0 radical (unpaired) electrons. The Morgan fingerprint density at radius 3 is 2.53 bits per heavy atom. The summed E-state index contributed by atoms with van der Waals surface area (Å²) in [5.41, 5.74) is 4.86. The molecule has 0 N–H and O–H groups in total. The van der Waals surface area contributed by atoms with Crippen molar-refractivity contribution in [3.8, 4) is 0 Å². The zero-order chi connectivity index (χ0) is 21.9. The number of imidazole rings is 1. The van der Waals surface area contributed by atoms with Crippen molar-refractivity contribution in [3.63, 3.8) is 0 Å². The number of para-hydroxylation sites is 2. The van der Waals surface area contributed by atoms with Crippen molar-refractivity contribution in [1.82, 2.24) is 14.5 Å². The minimum absolute atomic E-state index is 0.155. The molecule has 0 bridgehead atoms. The van der Waals surface area contributed by atoms with E-state index in [4.69, 9.17) is 9.72 Å². The number of rotatable bonds is 6. The molecule has 2 aliphatic heterocycles. The maximum Gasteiger partial charge on any atom is 0.139 e. The van der Waals surface area contributed by atoms with Gasteiger partial charge in [0.05, 0.1) is 11.0 Å². The Kier molecular flexibility index (Phi) is 6.28. The van der Waals surface area contributed by atoms with E-state index >= 15 is 0 Å². The quantitative estimate of drug-likeness (QED) is 0.531. The Labute approximate surface area is 191 Å². The van der Waals surface area contributed by atoms with Gasteiger partial charge in [0.25, 0.3) is 0 Å². The number of piperidine rings is 1. The molecule has 3 heterocycles. The summed E-state index contributed by atoms with van der Waals surface area (Å²) in [6.07, 6.45) is 9.23. The van der Waals surface area contributed by atoms with Crippen LogP contribution >= 0.6 is 0 Å². The number of anilines is 1. The number of aromatic nitrogens is 2. The standard InChI is InChI=1S/C27H34N4O/c1-29(2)22-13-11-21(12-14-22)7-5-17-30-18-15-23(16-19-30)31-25-9-4-3-8-24(25)28-27(31)26-10-6-20-32-26/h3-5,7-9,11-14,23,26H,6,10,15-20H2,1-2H3/b7-5+/t26-/m1/s1. The molecule has 0 spiro atoms. The van der Waals surface area contributed by atoms with Gasteiger partial charge in [-0.25, -0.2) is 4.98 Å². The molecule has 5 heteroatoms. The second-order valence-corrected chi connectivity index (χ2v) is 9.25. The molecule has 0 aliphatic carbocycles. The molecule has 0 saturated carbocycles. The predicted molar refractivity (Wildman–Crippen MR) is 132 cm³/mol. The maximum absolute atomic E-state index is 6.03. The lowest BCUT2D eigenvalue weighted by molar-refractivity contribution is 0.0978. The summed E-state index contributed by atoms with van der Waals surface area (Å²) in [4.78, 5) is 9.69. The van der Waals surface area contributed by atoms with Crippen LogP contribution in [0.3, 0.4) is 0 Å². The molecule has 2 fully saturated rings. The highest BCUT2D eigenvalue weighted by Gasteiger charge is 2.29. The Morgan fingerprint density at radius 1 is 1.03 bits per heavy atom. The molecule has 2 aromatic carbocycles. The minimum atomic E-state index is 0.155. The van der Waals surface area contributed by atoms with Crippen molar-refractivity contribution >= 4 is 22.8 Å². The summed E-state index contributed by atoms with van der Waals surface area (Å²) in [5.74, 6) is 1.14. The van der Waals surface area contributed by atoms with E-state index in [1.807, 2.05) is 0 Å². The van der Waals surface area contributed by atoms with Crippen LogP contribution < -0.4 is 4.90 Å². The Balaban J connectivity index is 1.23. The number of nitrogens with zero attached hydrogens (tertiary/aromatic N) is 4. The van der Waals surface area contributed by atoms with E-state index in [2.05, 4.69) is 89.1 Å². The molecule has 5 nitrogen and oxygen atoms in total. The normalized spacial score (nSPS) is 20.5. The number of hydrogen-bond donors (Lipinski definition) is 0. The largest absolute Gasteiger partial charge is 0.378 e. The molecule has 2 saturated heterocycles. The fourth-order valence-electron chi connectivity index (χ4n) is 5.04. The molecule has 3 aromatic rings. The monoisotopic (exact) mass is 430 g/mol. The highest BCUT2D eigenvalue weighted by Crippen LogP contribution is 2.35. The van der Waals surface area contributed by atoms with Gasteiger partial charge in [0, 0.05) is 52.1 Å². The van der Waals surface area contributed by atoms with Crippen molar-refractivity contribution in [2.24, 2.45) is 0 Å². The van der Waals surface area contributed by atoms with E-state index in [0.29, 0.717) is 6.04 Å². The van der Waals surface area contributed by atoms with Gasteiger partial charge in [-0.3, -0.25) is 4.90 Å². The SMILES string of the molecule is CN(C)c1ccc(/C=C/CN2CCC(n3c([C@H]4CCCO4)nc4ccccc43)CC2)cc1. The Bertz CT molecular complexity index is 1050. The fourth-order valence-corrected chi connectivity index (χ4v) is 5.04. The average molecular weight is 431 g/mol. The molecule has 2 aliphatic rings. The first-order valence-electron chi connectivity index (χ1n) is 11.9. The zero-order valence-electron chi connectivity index (χ0n) is 19.3. The van der Waals surface area contributed by atoms with Gasteiger partial charge in [0.15, 0.2) is 0 Å². The molecule has 1 atom stereocenters. The summed E-state index contributed by atoms with van der Waals surface area (Å²) < 4.78 is 8.54. The second kappa shape index (κ2) is 9.47. The van der Waals surface area contributed by atoms with Crippen LogP contribution in [0.1, 0.15) is 49.2 Å². The molecule has 0 amide bonds. The topological polar surface area (TPSA) is 33.5 Å². The lowest BCUT2D eigenvalue weighted by Crippen LogP contribution is -2.35. The van der Waals surface area contributed by atoms with Crippen LogP contribution in [0.15, 0.2) is 54.6 Å². The molecule has 32 heavy (non-hydrogen) atoms. The van der Waals surface area contributed by atoms with Crippen molar-refractivity contribution < 1.29 is 4.74 Å². The zero-order valence-corrected chi connectivity index (χ0v) is 19.3. The van der Waals surface area contributed by atoms with Crippen LogP contribution in [0.5, 0.6) is 0 Å². The van der Waals surface area contributed by atoms with Gasteiger partial charge in [-0.2, -0.15) is 0 Å². The summed E-state index contributed by atoms with van der Waals surface area (Å²) in [5, 5.41) is 0. The average Bonchev–Trinajstić information content (AvgIpc) is 3.48. The van der Waals surface area contributed by atoms with Gasteiger partial charge in [-0.1, -0.05) is 36.4 Å². The number of ether oxygens (including phenoxy) is 1. The van der Waals surface area contributed by atoms with Crippen LogP contribution in [-0.4, -0.2) is 54.8 Å². The van der Waals surface area contributed by atoms with Crippen LogP contribution in [0.2, 0.25) is 0 Å². The molecular weight excluding hydrogens is 396 g/mol. The Hall–Kier alpha value is -2.63. The first-order valence-corrected chi connectivity index (χ1v) is 11.9. The van der Waals surface area contributed by atoms with E-state index in [1.54, 1.807) is 0 Å². The third-order valence-electron chi connectivity index (χ3n) is 6.85. The van der Waals surface area contributed by atoms with Gasteiger partial charge >= 0.3 is 0 Å². The first kappa shape index (κ1) is 21.2. The summed E-state index contributed by atoms with van der Waals surface area (Å²) >= 11 is 0. The lowest BCUT2D eigenvalue weighted by Gasteiger charge is -2.33. The molecule has 168 valence electrons. The number of benzene rings is 2. The highest BCUT2D eigenvalue weighted by molar-refractivity contribution is 5.76. The number of fused-ring (bicyclic) bond motifs is 1. The molecule has 1 aromatic heterocycles. The van der Waals surface area contributed by atoms with E-state index in [1.165, 1.54) is 16.8 Å². The van der Waals surface area contributed by atoms with Gasteiger partial charge in [0.2, 0.25) is 0 Å². The van der Waals surface area contributed by atoms with Crippen molar-refractivity contribution in [2.45, 2.75) is 37.8 Å². The van der Waals surface area contributed by atoms with Crippen molar-refractivity contribution in [2.75, 3.05) is 45.2 Å². The van der Waals surface area contributed by atoms with Crippen LogP contribution in [0.25, 0.3) is 17.1 Å². The van der Waals surface area contributed by atoms with Gasteiger partial charge in [-0.05, 0) is 55.5 Å². The van der Waals surface area contributed by atoms with Crippen molar-refractivity contribution in [3.05, 3.63) is 66.0 Å². The lowest BCUT2D eigenvalue weighted by atomic mass is 10.0. The van der Waals surface area contributed by atoms with Crippen molar-refractivity contribution in [1.29, 1.82) is 0 Å². The highest BCUT2D eigenvalue weighted by atomic mass is 16.5. The van der Waals surface area contributed by atoms with Gasteiger partial charge < -0.3 is 14.2 Å². The van der Waals surface area contributed by atoms with E-state index < -0.39 is 0 Å². The second-order valence-electron chi connectivity index (χ2n) is 9.25. The van der Waals surface area contributed by atoms with Gasteiger partial charge in [0.1, 0.15) is 11.9 Å². The third kappa shape index (κ3) is 4.45. The molecular formula is C27H34N4O. The summed E-state index contributed by atoms with van der Waals surface area (Å²) in [7, 11) is 4.15. The van der Waals surface area contributed by atoms with Gasteiger partial charge in [-0.15, -0.1) is 0 Å². The third-order valence-corrected chi connectivity index (χ3v) is 6.85. The summed E-state index contributed by atoms with van der Waals surface area (Å²) in [6.45, 7) is 4.10.